The maximum Gasteiger partial charge on any atom is 0.404 e. The molecule has 0 saturated carbocycles. The molecule has 4 nitrogen and oxygen atoms in total. The number of amides is 1. The van der Waals surface area contributed by atoms with Crippen molar-refractivity contribution in [2.24, 2.45) is 5.73 Å². The molecule has 1 amide bonds. The molecule has 0 bridgehead atoms. The SMILES string of the molecule is CN(C)c1ccccc1COC(N)=O. The predicted octanol–water partition coefficient (Wildman–Crippen LogP) is 1.35. The Morgan fingerprint density at radius 3 is 2.64 bits per heavy atom. The first-order chi connectivity index (χ1) is 6.61. The fourth-order valence-corrected chi connectivity index (χ4v) is 1.22. The zero-order valence-electron chi connectivity index (χ0n) is 8.36. The molecule has 14 heavy (non-hydrogen) atoms. The zero-order chi connectivity index (χ0) is 10.6. The number of benzene rings is 1. The van der Waals surface area contributed by atoms with E-state index in [1.807, 2.05) is 43.3 Å². The number of hydrogen-bond donors (Lipinski definition) is 1. The molecule has 0 heterocycles. The number of primary amides is 1. The molecule has 0 aromatic heterocycles. The monoisotopic (exact) mass is 194 g/mol. The summed E-state index contributed by atoms with van der Waals surface area (Å²) in [5.41, 5.74) is 6.85. The Hall–Kier alpha value is -1.71. The molecule has 1 rings (SSSR count). The van der Waals surface area contributed by atoms with Crippen molar-refractivity contribution < 1.29 is 9.53 Å². The lowest BCUT2D eigenvalue weighted by atomic mass is 10.2. The van der Waals surface area contributed by atoms with E-state index >= 15 is 0 Å². The van der Waals surface area contributed by atoms with Gasteiger partial charge in [0.15, 0.2) is 0 Å². The summed E-state index contributed by atoms with van der Waals surface area (Å²) >= 11 is 0. The summed E-state index contributed by atoms with van der Waals surface area (Å²) in [6.45, 7) is 0.212. The second-order valence-corrected chi connectivity index (χ2v) is 3.13. The Morgan fingerprint density at radius 1 is 1.43 bits per heavy atom. The first kappa shape index (κ1) is 10.4. The summed E-state index contributed by atoms with van der Waals surface area (Å²) in [5, 5.41) is 0. The molecule has 2 N–H and O–H groups in total. The van der Waals surface area contributed by atoms with Gasteiger partial charge in [0.25, 0.3) is 0 Å². The zero-order valence-corrected chi connectivity index (χ0v) is 8.36. The highest BCUT2D eigenvalue weighted by Crippen LogP contribution is 2.18. The molecule has 0 spiro atoms. The van der Waals surface area contributed by atoms with E-state index in [1.165, 1.54) is 0 Å². The Balaban J connectivity index is 2.79. The van der Waals surface area contributed by atoms with Crippen molar-refractivity contribution in [1.29, 1.82) is 0 Å². The van der Waals surface area contributed by atoms with Crippen molar-refractivity contribution in [1.82, 2.24) is 0 Å². The van der Waals surface area contributed by atoms with Crippen molar-refractivity contribution in [3.05, 3.63) is 29.8 Å². The number of anilines is 1. The van der Waals surface area contributed by atoms with Crippen LogP contribution in [0, 0.1) is 0 Å². The average Bonchev–Trinajstić information content (AvgIpc) is 2.15. The third-order valence-electron chi connectivity index (χ3n) is 1.84. The number of carbonyl (C=O) groups excluding carboxylic acids is 1. The van der Waals surface area contributed by atoms with Crippen LogP contribution in [0.1, 0.15) is 5.56 Å². The van der Waals surface area contributed by atoms with Crippen LogP contribution >= 0.6 is 0 Å². The van der Waals surface area contributed by atoms with Gasteiger partial charge in [-0.25, -0.2) is 4.79 Å². The normalized spacial score (nSPS) is 9.57. The van der Waals surface area contributed by atoms with E-state index in [0.29, 0.717) is 0 Å². The number of rotatable bonds is 3. The summed E-state index contributed by atoms with van der Waals surface area (Å²) in [5.74, 6) is 0. The molecular formula is C10H14N2O2. The third kappa shape index (κ3) is 2.65. The smallest absolute Gasteiger partial charge is 0.404 e. The minimum Gasteiger partial charge on any atom is -0.445 e. The molecule has 4 heteroatoms. The van der Waals surface area contributed by atoms with Crippen LogP contribution in [0.25, 0.3) is 0 Å². The summed E-state index contributed by atoms with van der Waals surface area (Å²) < 4.78 is 4.73. The van der Waals surface area contributed by atoms with Gasteiger partial charge in [0.1, 0.15) is 6.61 Å². The van der Waals surface area contributed by atoms with Crippen LogP contribution in [0.4, 0.5) is 10.5 Å². The molecule has 0 aliphatic heterocycles. The molecule has 1 aromatic rings. The van der Waals surface area contributed by atoms with Crippen molar-refractivity contribution >= 4 is 11.8 Å². The van der Waals surface area contributed by atoms with Gasteiger partial charge < -0.3 is 15.4 Å². The lowest BCUT2D eigenvalue weighted by Crippen LogP contribution is -2.15. The molecule has 0 atom stereocenters. The van der Waals surface area contributed by atoms with Gasteiger partial charge in [0.2, 0.25) is 0 Å². The molecule has 1 aromatic carbocycles. The summed E-state index contributed by atoms with van der Waals surface area (Å²) in [7, 11) is 3.87. The van der Waals surface area contributed by atoms with Crippen LogP contribution in [0.3, 0.4) is 0 Å². The van der Waals surface area contributed by atoms with Gasteiger partial charge in [-0.2, -0.15) is 0 Å². The fraction of sp³-hybridized carbons (Fsp3) is 0.300. The van der Waals surface area contributed by atoms with Crippen LogP contribution in [0.5, 0.6) is 0 Å². The Labute approximate surface area is 83.3 Å². The van der Waals surface area contributed by atoms with E-state index in [0.717, 1.165) is 11.3 Å². The third-order valence-corrected chi connectivity index (χ3v) is 1.84. The van der Waals surface area contributed by atoms with E-state index < -0.39 is 6.09 Å². The molecule has 0 radical (unpaired) electrons. The molecule has 0 aliphatic carbocycles. The van der Waals surface area contributed by atoms with Crippen LogP contribution < -0.4 is 10.6 Å². The number of hydrogen-bond acceptors (Lipinski definition) is 3. The van der Waals surface area contributed by atoms with Gasteiger partial charge in [-0.15, -0.1) is 0 Å². The standard InChI is InChI=1S/C10H14N2O2/c1-12(2)9-6-4-3-5-8(9)7-14-10(11)13/h3-6H,7H2,1-2H3,(H2,11,13). The van der Waals surface area contributed by atoms with Gasteiger partial charge in [-0.1, -0.05) is 18.2 Å². The molecule has 0 aliphatic rings. The van der Waals surface area contributed by atoms with Gasteiger partial charge in [0.05, 0.1) is 0 Å². The minimum absolute atomic E-state index is 0.212. The van der Waals surface area contributed by atoms with Crippen molar-refractivity contribution in [2.75, 3.05) is 19.0 Å². The topological polar surface area (TPSA) is 55.6 Å². The number of carbonyl (C=O) groups is 1. The quantitative estimate of drug-likeness (QED) is 0.790. The van der Waals surface area contributed by atoms with Crippen LogP contribution in [0.15, 0.2) is 24.3 Å². The molecule has 0 unspecified atom stereocenters. The van der Waals surface area contributed by atoms with Gasteiger partial charge in [-0.3, -0.25) is 0 Å². The number of nitrogens with two attached hydrogens (primary N) is 1. The first-order valence-corrected chi connectivity index (χ1v) is 4.28. The maximum atomic E-state index is 10.4. The number of para-hydroxylation sites is 1. The molecule has 76 valence electrons. The highest BCUT2D eigenvalue weighted by Gasteiger charge is 2.04. The summed E-state index contributed by atoms with van der Waals surface area (Å²) in [6.07, 6.45) is -0.751. The van der Waals surface area contributed by atoms with Gasteiger partial charge >= 0.3 is 6.09 Å². The van der Waals surface area contributed by atoms with Gasteiger partial charge in [-0.05, 0) is 6.07 Å². The predicted molar refractivity (Wildman–Crippen MR) is 55.1 cm³/mol. The number of ether oxygens (including phenoxy) is 1. The second-order valence-electron chi connectivity index (χ2n) is 3.13. The van der Waals surface area contributed by atoms with Crippen molar-refractivity contribution in [2.45, 2.75) is 6.61 Å². The van der Waals surface area contributed by atoms with Crippen LogP contribution in [-0.4, -0.2) is 20.2 Å². The van der Waals surface area contributed by atoms with Crippen LogP contribution in [-0.2, 0) is 11.3 Å². The van der Waals surface area contributed by atoms with E-state index in [4.69, 9.17) is 10.5 Å². The highest BCUT2D eigenvalue weighted by molar-refractivity contribution is 5.65. The second kappa shape index (κ2) is 4.50. The van der Waals surface area contributed by atoms with Gasteiger partial charge in [0, 0.05) is 25.3 Å². The van der Waals surface area contributed by atoms with Crippen LogP contribution in [0.2, 0.25) is 0 Å². The molecule has 0 fully saturated rings. The maximum absolute atomic E-state index is 10.4. The van der Waals surface area contributed by atoms with E-state index in [-0.39, 0.29) is 6.61 Å². The van der Waals surface area contributed by atoms with E-state index in [2.05, 4.69) is 0 Å². The largest absolute Gasteiger partial charge is 0.445 e. The lowest BCUT2D eigenvalue weighted by molar-refractivity contribution is 0.150. The Bertz CT molecular complexity index is 324. The first-order valence-electron chi connectivity index (χ1n) is 4.28. The van der Waals surface area contributed by atoms with Crippen molar-refractivity contribution in [3.63, 3.8) is 0 Å². The Kier molecular flexibility index (Phi) is 3.34. The van der Waals surface area contributed by atoms with Crippen molar-refractivity contribution in [3.8, 4) is 0 Å². The number of nitrogens with zero attached hydrogens (tertiary/aromatic N) is 1. The fourth-order valence-electron chi connectivity index (χ4n) is 1.22. The molecular weight excluding hydrogens is 180 g/mol. The van der Waals surface area contributed by atoms with E-state index in [1.54, 1.807) is 0 Å². The average molecular weight is 194 g/mol. The lowest BCUT2D eigenvalue weighted by Gasteiger charge is -2.16. The minimum atomic E-state index is -0.751. The summed E-state index contributed by atoms with van der Waals surface area (Å²) in [4.78, 5) is 12.4. The summed E-state index contributed by atoms with van der Waals surface area (Å²) in [6, 6.07) is 7.69. The Morgan fingerprint density at radius 2 is 2.07 bits per heavy atom. The van der Waals surface area contributed by atoms with E-state index in [9.17, 15) is 4.79 Å². The highest BCUT2D eigenvalue weighted by atomic mass is 16.5. The molecule has 0 saturated heterocycles.